The number of anilines is 1. The predicted molar refractivity (Wildman–Crippen MR) is 71.2 cm³/mol. The van der Waals surface area contributed by atoms with Crippen molar-refractivity contribution in [3.63, 3.8) is 0 Å². The van der Waals surface area contributed by atoms with E-state index < -0.39 is 0 Å². The Morgan fingerprint density at radius 2 is 2.39 bits per heavy atom. The number of nitrogens with zero attached hydrogens (tertiary/aromatic N) is 3. The average Bonchev–Trinajstić information content (AvgIpc) is 2.86. The number of likely N-dealkylation sites (N-methyl/N-ethyl adjacent to an activating group) is 1. The molecule has 5 heteroatoms. The van der Waals surface area contributed by atoms with Gasteiger partial charge in [0.1, 0.15) is 6.04 Å². The lowest BCUT2D eigenvalue weighted by atomic mass is 10.1. The molecule has 98 valence electrons. The molecule has 5 nitrogen and oxygen atoms in total. The summed E-state index contributed by atoms with van der Waals surface area (Å²) in [4.78, 5) is 20.1. The summed E-state index contributed by atoms with van der Waals surface area (Å²) >= 11 is 0. The maximum Gasteiger partial charge on any atom is 0.244 e. The Morgan fingerprint density at radius 3 is 3.06 bits per heavy atom. The zero-order valence-corrected chi connectivity index (χ0v) is 11.0. The van der Waals surface area contributed by atoms with E-state index in [0.29, 0.717) is 6.54 Å². The van der Waals surface area contributed by atoms with E-state index in [-0.39, 0.29) is 11.9 Å². The van der Waals surface area contributed by atoms with Crippen LogP contribution in [0.25, 0.3) is 0 Å². The van der Waals surface area contributed by atoms with Crippen molar-refractivity contribution >= 4 is 11.6 Å². The Bertz CT molecular complexity index is 433. The lowest BCUT2D eigenvalue weighted by molar-refractivity contribution is -0.129. The molecule has 1 unspecified atom stereocenters. The predicted octanol–water partition coefficient (Wildman–Crippen LogP) is 0.597. The minimum absolute atomic E-state index is 0.0745. The van der Waals surface area contributed by atoms with Crippen molar-refractivity contribution in [2.45, 2.75) is 25.4 Å². The second-order valence-corrected chi connectivity index (χ2v) is 4.79. The van der Waals surface area contributed by atoms with Gasteiger partial charge in [-0.1, -0.05) is 0 Å². The molecule has 0 radical (unpaired) electrons. The fourth-order valence-electron chi connectivity index (χ4n) is 2.46. The van der Waals surface area contributed by atoms with Crippen LogP contribution in [0, 0.1) is 0 Å². The van der Waals surface area contributed by atoms with Gasteiger partial charge in [0.25, 0.3) is 0 Å². The molecule has 2 N–H and O–H groups in total. The third-order valence-corrected chi connectivity index (χ3v) is 3.40. The number of hydrogen-bond acceptors (Lipinski definition) is 4. The summed E-state index contributed by atoms with van der Waals surface area (Å²) in [6.45, 7) is 1.36. The highest BCUT2D eigenvalue weighted by atomic mass is 16.2. The Labute approximate surface area is 108 Å². The number of hydrogen-bond donors (Lipinski definition) is 1. The molecule has 1 aliphatic heterocycles. The molecule has 18 heavy (non-hydrogen) atoms. The molecule has 0 spiro atoms. The van der Waals surface area contributed by atoms with Gasteiger partial charge in [-0.2, -0.15) is 0 Å². The van der Waals surface area contributed by atoms with Crippen LogP contribution >= 0.6 is 0 Å². The van der Waals surface area contributed by atoms with Crippen molar-refractivity contribution in [2.75, 3.05) is 25.5 Å². The van der Waals surface area contributed by atoms with Crippen molar-refractivity contribution in [3.8, 4) is 0 Å². The van der Waals surface area contributed by atoms with Crippen LogP contribution in [0.4, 0.5) is 5.69 Å². The maximum atomic E-state index is 12.2. The summed E-state index contributed by atoms with van der Waals surface area (Å²) in [7, 11) is 3.60. The van der Waals surface area contributed by atoms with Crippen LogP contribution in [0.1, 0.15) is 18.4 Å². The van der Waals surface area contributed by atoms with Gasteiger partial charge in [-0.3, -0.25) is 9.78 Å². The van der Waals surface area contributed by atoms with Crippen LogP contribution in [0.2, 0.25) is 0 Å². The molecule has 0 aromatic carbocycles. The van der Waals surface area contributed by atoms with Crippen LogP contribution < -0.4 is 10.6 Å². The Morgan fingerprint density at radius 1 is 1.61 bits per heavy atom. The first-order valence-electron chi connectivity index (χ1n) is 6.26. The van der Waals surface area contributed by atoms with Crippen LogP contribution in [0.3, 0.4) is 0 Å². The number of pyridine rings is 1. The van der Waals surface area contributed by atoms with Gasteiger partial charge in [-0.05, 0) is 24.5 Å². The molecule has 2 heterocycles. The first kappa shape index (κ1) is 12.8. The third-order valence-electron chi connectivity index (χ3n) is 3.40. The molecule has 1 saturated heterocycles. The molecule has 1 amide bonds. The Kier molecular flexibility index (Phi) is 3.81. The Balaban J connectivity index is 2.29. The van der Waals surface area contributed by atoms with E-state index in [1.54, 1.807) is 25.2 Å². The number of nitrogens with two attached hydrogens (primary N) is 1. The highest BCUT2D eigenvalue weighted by Crippen LogP contribution is 2.28. The lowest BCUT2D eigenvalue weighted by Crippen LogP contribution is -2.43. The van der Waals surface area contributed by atoms with E-state index in [1.165, 1.54) is 0 Å². The summed E-state index contributed by atoms with van der Waals surface area (Å²) < 4.78 is 0. The van der Waals surface area contributed by atoms with E-state index in [2.05, 4.69) is 9.88 Å². The number of amides is 1. The van der Waals surface area contributed by atoms with E-state index in [9.17, 15) is 4.79 Å². The fraction of sp³-hybridized carbons (Fsp3) is 0.538. The van der Waals surface area contributed by atoms with Crippen molar-refractivity contribution in [3.05, 3.63) is 24.0 Å². The van der Waals surface area contributed by atoms with Crippen molar-refractivity contribution in [1.82, 2.24) is 9.88 Å². The molecule has 2 rings (SSSR count). The van der Waals surface area contributed by atoms with Crippen molar-refractivity contribution in [1.29, 1.82) is 0 Å². The van der Waals surface area contributed by atoms with E-state index in [1.807, 2.05) is 12.3 Å². The SMILES string of the molecule is CN(C)C(=O)C1CCCN1c1cnccc1CN. The molecule has 1 atom stereocenters. The molecule has 0 bridgehead atoms. The second-order valence-electron chi connectivity index (χ2n) is 4.79. The standard InChI is InChI=1S/C13H20N4O/c1-16(2)13(18)11-4-3-7-17(11)12-9-15-6-5-10(12)8-14/h5-6,9,11H,3-4,7-8,14H2,1-2H3. The molecule has 0 aliphatic carbocycles. The normalized spacial score (nSPS) is 19.1. The van der Waals surface area contributed by atoms with Crippen LogP contribution in [-0.4, -0.2) is 42.5 Å². The molecule has 0 saturated carbocycles. The largest absolute Gasteiger partial charge is 0.358 e. The van der Waals surface area contributed by atoms with Gasteiger partial charge in [-0.25, -0.2) is 0 Å². The average molecular weight is 248 g/mol. The first-order valence-corrected chi connectivity index (χ1v) is 6.26. The smallest absolute Gasteiger partial charge is 0.244 e. The summed E-state index contributed by atoms with van der Waals surface area (Å²) in [6.07, 6.45) is 5.48. The minimum atomic E-state index is -0.0745. The number of carbonyl (C=O) groups excluding carboxylic acids is 1. The molecule has 1 aromatic rings. The van der Waals surface area contributed by atoms with Gasteiger partial charge in [0.15, 0.2) is 0 Å². The highest BCUT2D eigenvalue weighted by Gasteiger charge is 2.32. The highest BCUT2D eigenvalue weighted by molar-refractivity contribution is 5.85. The molecule has 1 aliphatic rings. The molecule has 1 aromatic heterocycles. The van der Waals surface area contributed by atoms with Gasteiger partial charge in [-0.15, -0.1) is 0 Å². The fourth-order valence-corrected chi connectivity index (χ4v) is 2.46. The molecule has 1 fully saturated rings. The van der Waals surface area contributed by atoms with Crippen LogP contribution in [-0.2, 0) is 11.3 Å². The van der Waals surface area contributed by atoms with E-state index in [0.717, 1.165) is 30.6 Å². The van der Waals surface area contributed by atoms with Crippen molar-refractivity contribution < 1.29 is 4.79 Å². The number of rotatable bonds is 3. The summed E-state index contributed by atoms with van der Waals surface area (Å²) in [5, 5.41) is 0. The minimum Gasteiger partial charge on any atom is -0.358 e. The summed E-state index contributed by atoms with van der Waals surface area (Å²) in [5.41, 5.74) is 7.79. The Hall–Kier alpha value is -1.62. The van der Waals surface area contributed by atoms with Gasteiger partial charge >= 0.3 is 0 Å². The van der Waals surface area contributed by atoms with E-state index in [4.69, 9.17) is 5.73 Å². The molecular formula is C13H20N4O. The zero-order chi connectivity index (χ0) is 13.1. The number of carbonyl (C=O) groups is 1. The van der Waals surface area contributed by atoms with Gasteiger partial charge < -0.3 is 15.5 Å². The molecular weight excluding hydrogens is 228 g/mol. The summed E-state index contributed by atoms with van der Waals surface area (Å²) in [5.74, 6) is 0.152. The van der Waals surface area contributed by atoms with Gasteiger partial charge in [0.05, 0.1) is 11.9 Å². The van der Waals surface area contributed by atoms with Crippen LogP contribution in [0.5, 0.6) is 0 Å². The zero-order valence-electron chi connectivity index (χ0n) is 11.0. The van der Waals surface area contributed by atoms with E-state index >= 15 is 0 Å². The number of aromatic nitrogens is 1. The topological polar surface area (TPSA) is 62.5 Å². The third kappa shape index (κ3) is 2.31. The quantitative estimate of drug-likeness (QED) is 0.850. The summed E-state index contributed by atoms with van der Waals surface area (Å²) in [6, 6.07) is 1.85. The monoisotopic (exact) mass is 248 g/mol. The lowest BCUT2D eigenvalue weighted by Gasteiger charge is -2.29. The second kappa shape index (κ2) is 5.35. The van der Waals surface area contributed by atoms with Crippen LogP contribution in [0.15, 0.2) is 18.5 Å². The van der Waals surface area contributed by atoms with Crippen molar-refractivity contribution in [2.24, 2.45) is 5.73 Å². The first-order chi connectivity index (χ1) is 8.65. The maximum absolute atomic E-state index is 12.2. The van der Waals surface area contributed by atoms with Gasteiger partial charge in [0, 0.05) is 33.4 Å². The van der Waals surface area contributed by atoms with Gasteiger partial charge in [0.2, 0.25) is 5.91 Å².